The van der Waals surface area contributed by atoms with Crippen molar-refractivity contribution in [3.63, 3.8) is 0 Å². The molecule has 1 aromatic rings. The van der Waals surface area contributed by atoms with Crippen molar-refractivity contribution < 1.29 is 9.90 Å². The monoisotopic (exact) mass is 297 g/mol. The summed E-state index contributed by atoms with van der Waals surface area (Å²) in [6.45, 7) is 1.89. The van der Waals surface area contributed by atoms with Crippen LogP contribution in [0, 0.1) is 5.92 Å². The number of rotatable bonds is 3. The summed E-state index contributed by atoms with van der Waals surface area (Å²) >= 11 is 3.55. The Kier molecular flexibility index (Phi) is 4.05. The molecule has 0 aliphatic carbocycles. The van der Waals surface area contributed by atoms with Gasteiger partial charge in [0.05, 0.1) is 5.69 Å². The van der Waals surface area contributed by atoms with Crippen molar-refractivity contribution in [2.75, 3.05) is 18.0 Å². The molecule has 1 aromatic carbocycles. The average Bonchev–Trinajstić information content (AvgIpc) is 2.30. The standard InChI is InChI=1S/C13H16BrNO2/c14-11-3-1-2-4-12(11)15-7-5-10(6-8-15)9-13(16)17/h1-4,10H,5-9H2,(H,16,17). The minimum absolute atomic E-state index is 0.309. The molecule has 1 aliphatic rings. The second-order valence-electron chi connectivity index (χ2n) is 4.48. The fraction of sp³-hybridized carbons (Fsp3) is 0.462. The van der Waals surface area contributed by atoms with Crippen LogP contribution in [0.2, 0.25) is 0 Å². The van der Waals surface area contributed by atoms with Crippen LogP contribution < -0.4 is 4.90 Å². The maximum atomic E-state index is 10.7. The van der Waals surface area contributed by atoms with Crippen molar-refractivity contribution >= 4 is 27.6 Å². The molecule has 1 fully saturated rings. The molecule has 2 rings (SSSR count). The fourth-order valence-electron chi connectivity index (χ4n) is 2.33. The maximum absolute atomic E-state index is 10.7. The number of aliphatic carboxylic acids is 1. The molecule has 0 aromatic heterocycles. The second kappa shape index (κ2) is 5.54. The minimum Gasteiger partial charge on any atom is -0.481 e. The predicted octanol–water partition coefficient (Wildman–Crippen LogP) is 3.14. The van der Waals surface area contributed by atoms with Crippen LogP contribution in [0.1, 0.15) is 19.3 Å². The molecule has 0 spiro atoms. The Hall–Kier alpha value is -1.03. The van der Waals surface area contributed by atoms with E-state index in [1.165, 1.54) is 5.69 Å². The van der Waals surface area contributed by atoms with E-state index in [0.29, 0.717) is 12.3 Å². The van der Waals surface area contributed by atoms with Gasteiger partial charge in [-0.1, -0.05) is 12.1 Å². The van der Waals surface area contributed by atoms with Gasteiger partial charge in [-0.05, 0) is 46.8 Å². The van der Waals surface area contributed by atoms with E-state index >= 15 is 0 Å². The summed E-state index contributed by atoms with van der Waals surface area (Å²) < 4.78 is 1.11. The van der Waals surface area contributed by atoms with Crippen LogP contribution in [0.5, 0.6) is 0 Å². The predicted molar refractivity (Wildman–Crippen MR) is 71.3 cm³/mol. The third-order valence-corrected chi connectivity index (χ3v) is 3.94. The van der Waals surface area contributed by atoms with E-state index in [4.69, 9.17) is 5.11 Å². The van der Waals surface area contributed by atoms with Crippen LogP contribution in [-0.4, -0.2) is 24.2 Å². The number of para-hydroxylation sites is 1. The first-order chi connectivity index (χ1) is 8.16. The van der Waals surface area contributed by atoms with Crippen molar-refractivity contribution in [2.45, 2.75) is 19.3 Å². The van der Waals surface area contributed by atoms with Crippen molar-refractivity contribution in [1.29, 1.82) is 0 Å². The number of hydrogen-bond acceptors (Lipinski definition) is 2. The normalized spacial score (nSPS) is 17.1. The van der Waals surface area contributed by atoms with Crippen molar-refractivity contribution in [3.8, 4) is 0 Å². The average molecular weight is 298 g/mol. The molecule has 0 unspecified atom stereocenters. The Labute approximate surface area is 110 Å². The highest BCUT2D eigenvalue weighted by atomic mass is 79.9. The summed E-state index contributed by atoms with van der Waals surface area (Å²) in [5, 5.41) is 8.77. The topological polar surface area (TPSA) is 40.5 Å². The van der Waals surface area contributed by atoms with Gasteiger partial charge in [-0.15, -0.1) is 0 Å². The SMILES string of the molecule is O=C(O)CC1CCN(c2ccccc2Br)CC1. The molecule has 3 nitrogen and oxygen atoms in total. The number of carboxylic acid groups (broad SMARTS) is 1. The van der Waals surface area contributed by atoms with Gasteiger partial charge in [0.15, 0.2) is 0 Å². The van der Waals surface area contributed by atoms with Crippen molar-refractivity contribution in [3.05, 3.63) is 28.7 Å². The highest BCUT2D eigenvalue weighted by Gasteiger charge is 2.22. The number of benzene rings is 1. The lowest BCUT2D eigenvalue weighted by Crippen LogP contribution is -2.34. The summed E-state index contributed by atoms with van der Waals surface area (Å²) in [4.78, 5) is 13.0. The molecule has 0 radical (unpaired) electrons. The van der Waals surface area contributed by atoms with Gasteiger partial charge in [-0.3, -0.25) is 4.79 Å². The quantitative estimate of drug-likeness (QED) is 0.932. The van der Waals surface area contributed by atoms with Gasteiger partial charge in [-0.2, -0.15) is 0 Å². The fourth-order valence-corrected chi connectivity index (χ4v) is 2.87. The molecule has 1 heterocycles. The first kappa shape index (κ1) is 12.4. The smallest absolute Gasteiger partial charge is 0.303 e. The van der Waals surface area contributed by atoms with Crippen LogP contribution in [0.4, 0.5) is 5.69 Å². The van der Waals surface area contributed by atoms with E-state index in [9.17, 15) is 4.79 Å². The van der Waals surface area contributed by atoms with E-state index in [0.717, 1.165) is 30.4 Å². The molecule has 0 bridgehead atoms. The Balaban J connectivity index is 1.95. The van der Waals surface area contributed by atoms with Gasteiger partial charge in [0.1, 0.15) is 0 Å². The molecule has 0 amide bonds. The molecule has 4 heteroatoms. The Morgan fingerprint density at radius 2 is 2.00 bits per heavy atom. The van der Waals surface area contributed by atoms with Crippen molar-refractivity contribution in [1.82, 2.24) is 0 Å². The number of nitrogens with zero attached hydrogens (tertiary/aromatic N) is 1. The number of piperidine rings is 1. The zero-order valence-electron chi connectivity index (χ0n) is 9.60. The van der Waals surface area contributed by atoms with Gasteiger partial charge in [-0.25, -0.2) is 0 Å². The van der Waals surface area contributed by atoms with Crippen LogP contribution in [0.15, 0.2) is 28.7 Å². The van der Waals surface area contributed by atoms with E-state index < -0.39 is 5.97 Å². The molecule has 0 atom stereocenters. The van der Waals surface area contributed by atoms with Gasteiger partial charge < -0.3 is 10.0 Å². The van der Waals surface area contributed by atoms with E-state index in [2.05, 4.69) is 26.9 Å². The maximum Gasteiger partial charge on any atom is 0.303 e. The van der Waals surface area contributed by atoms with Crippen molar-refractivity contribution in [2.24, 2.45) is 5.92 Å². The summed E-state index contributed by atoms with van der Waals surface area (Å²) in [7, 11) is 0. The molecule has 1 saturated heterocycles. The third kappa shape index (κ3) is 3.22. The number of halogens is 1. The molecule has 17 heavy (non-hydrogen) atoms. The van der Waals surface area contributed by atoms with Crippen LogP contribution in [-0.2, 0) is 4.79 Å². The first-order valence-corrected chi connectivity index (χ1v) is 6.67. The highest BCUT2D eigenvalue weighted by Crippen LogP contribution is 2.30. The van der Waals surface area contributed by atoms with Gasteiger partial charge in [0, 0.05) is 24.0 Å². The third-order valence-electron chi connectivity index (χ3n) is 3.27. The van der Waals surface area contributed by atoms with Crippen LogP contribution >= 0.6 is 15.9 Å². The first-order valence-electron chi connectivity index (χ1n) is 5.88. The molecule has 1 N–H and O–H groups in total. The lowest BCUT2D eigenvalue weighted by Gasteiger charge is -2.33. The van der Waals surface area contributed by atoms with Gasteiger partial charge >= 0.3 is 5.97 Å². The largest absolute Gasteiger partial charge is 0.481 e. The Bertz CT molecular complexity index is 400. The summed E-state index contributed by atoms with van der Waals surface area (Å²) in [6, 6.07) is 8.18. The summed E-state index contributed by atoms with van der Waals surface area (Å²) in [5.41, 5.74) is 1.21. The zero-order valence-corrected chi connectivity index (χ0v) is 11.2. The lowest BCUT2D eigenvalue weighted by atomic mass is 9.93. The Morgan fingerprint density at radius 1 is 1.35 bits per heavy atom. The number of carboxylic acids is 1. The zero-order chi connectivity index (χ0) is 12.3. The van der Waals surface area contributed by atoms with Gasteiger partial charge in [0.25, 0.3) is 0 Å². The molecule has 1 aliphatic heterocycles. The number of anilines is 1. The van der Waals surface area contributed by atoms with E-state index in [1.807, 2.05) is 18.2 Å². The Morgan fingerprint density at radius 3 is 2.59 bits per heavy atom. The van der Waals surface area contributed by atoms with Crippen LogP contribution in [0.3, 0.4) is 0 Å². The van der Waals surface area contributed by atoms with E-state index in [1.54, 1.807) is 0 Å². The minimum atomic E-state index is -0.677. The summed E-state index contributed by atoms with van der Waals surface area (Å²) in [5.74, 6) is -0.337. The molecule has 92 valence electrons. The number of carbonyl (C=O) groups is 1. The molecule has 0 saturated carbocycles. The molecular weight excluding hydrogens is 282 g/mol. The van der Waals surface area contributed by atoms with E-state index in [-0.39, 0.29) is 0 Å². The van der Waals surface area contributed by atoms with Gasteiger partial charge in [0.2, 0.25) is 0 Å². The molecular formula is C13H16BrNO2. The highest BCUT2D eigenvalue weighted by molar-refractivity contribution is 9.10. The van der Waals surface area contributed by atoms with Crippen LogP contribution in [0.25, 0.3) is 0 Å². The second-order valence-corrected chi connectivity index (χ2v) is 5.33. The number of hydrogen-bond donors (Lipinski definition) is 1. The summed E-state index contributed by atoms with van der Waals surface area (Å²) in [6.07, 6.45) is 2.24. The lowest BCUT2D eigenvalue weighted by molar-refractivity contribution is -0.138.